The van der Waals surface area contributed by atoms with Crippen LogP contribution in [0.1, 0.15) is 34.8 Å². The molecule has 1 N–H and O–H groups in total. The lowest BCUT2D eigenvalue weighted by Crippen LogP contribution is -2.33. The number of nitrogens with one attached hydrogen (secondary N) is 1. The molecule has 4 aromatic rings. The van der Waals surface area contributed by atoms with Crippen LogP contribution in [0.4, 0.5) is 0 Å². The quantitative estimate of drug-likeness (QED) is 0.284. The van der Waals surface area contributed by atoms with E-state index in [2.05, 4.69) is 29.6 Å². The van der Waals surface area contributed by atoms with Crippen molar-refractivity contribution < 1.29 is 14.3 Å². The molecule has 0 spiro atoms. The van der Waals surface area contributed by atoms with Crippen LogP contribution in [-0.2, 0) is 13.0 Å². The van der Waals surface area contributed by atoms with Gasteiger partial charge in [-0.25, -0.2) is 0 Å². The molecule has 0 saturated heterocycles. The smallest absolute Gasteiger partial charge is 0.251 e. The summed E-state index contributed by atoms with van der Waals surface area (Å²) in [5.74, 6) is 1.36. The zero-order valence-corrected chi connectivity index (χ0v) is 20.2. The first-order chi connectivity index (χ1) is 17.1. The summed E-state index contributed by atoms with van der Waals surface area (Å²) in [6.45, 7) is 2.34. The fraction of sp³-hybridized carbons (Fsp3) is 0.194. The van der Waals surface area contributed by atoms with Crippen LogP contribution in [0.5, 0.6) is 11.5 Å². The largest absolute Gasteiger partial charge is 0.496 e. The summed E-state index contributed by atoms with van der Waals surface area (Å²) in [5, 5.41) is 3.11. The van der Waals surface area contributed by atoms with Crippen molar-refractivity contribution in [3.05, 3.63) is 120 Å². The van der Waals surface area contributed by atoms with Gasteiger partial charge in [0.25, 0.3) is 5.91 Å². The molecule has 0 aromatic heterocycles. The van der Waals surface area contributed by atoms with Crippen LogP contribution in [0.15, 0.2) is 103 Å². The predicted octanol–water partition coefficient (Wildman–Crippen LogP) is 6.69. The average Bonchev–Trinajstić information content (AvgIpc) is 2.92. The van der Waals surface area contributed by atoms with Crippen LogP contribution in [0.3, 0.4) is 0 Å². The predicted molar refractivity (Wildman–Crippen MR) is 141 cm³/mol. The highest BCUT2D eigenvalue weighted by atomic mass is 16.5. The van der Waals surface area contributed by atoms with Crippen molar-refractivity contribution in [3.63, 3.8) is 0 Å². The minimum atomic E-state index is -0.0957. The van der Waals surface area contributed by atoms with Gasteiger partial charge in [-0.2, -0.15) is 0 Å². The van der Waals surface area contributed by atoms with Crippen LogP contribution in [0, 0.1) is 0 Å². The molecule has 0 saturated carbocycles. The van der Waals surface area contributed by atoms with E-state index >= 15 is 0 Å². The van der Waals surface area contributed by atoms with Gasteiger partial charge >= 0.3 is 0 Å². The fourth-order valence-corrected chi connectivity index (χ4v) is 3.98. The van der Waals surface area contributed by atoms with Crippen molar-refractivity contribution in [2.45, 2.75) is 32.4 Å². The number of ether oxygens (including phenoxy) is 2. The van der Waals surface area contributed by atoms with E-state index in [0.717, 1.165) is 35.3 Å². The van der Waals surface area contributed by atoms with Crippen LogP contribution >= 0.6 is 0 Å². The van der Waals surface area contributed by atoms with E-state index in [1.54, 1.807) is 13.2 Å². The third-order valence-corrected chi connectivity index (χ3v) is 5.98. The van der Waals surface area contributed by atoms with E-state index in [0.29, 0.717) is 17.9 Å². The molecule has 35 heavy (non-hydrogen) atoms. The van der Waals surface area contributed by atoms with Gasteiger partial charge in [-0.1, -0.05) is 72.8 Å². The maximum atomic E-state index is 12.9. The number of carbonyl (C=O) groups is 1. The molecular weight excluding hydrogens is 434 g/mol. The molecule has 4 nitrogen and oxygen atoms in total. The lowest BCUT2D eigenvalue weighted by atomic mass is 10.1. The Morgan fingerprint density at radius 2 is 1.49 bits per heavy atom. The van der Waals surface area contributed by atoms with Crippen LogP contribution < -0.4 is 14.8 Å². The van der Waals surface area contributed by atoms with Gasteiger partial charge in [-0.15, -0.1) is 0 Å². The van der Waals surface area contributed by atoms with Gasteiger partial charge in [0.05, 0.1) is 7.11 Å². The third kappa shape index (κ3) is 6.73. The van der Waals surface area contributed by atoms with E-state index < -0.39 is 0 Å². The molecule has 0 bridgehead atoms. The normalized spacial score (nSPS) is 11.5. The van der Waals surface area contributed by atoms with E-state index in [1.165, 1.54) is 5.56 Å². The standard InChI is InChI=1S/C31H31NO3/c1-23(13-14-24-9-5-3-6-10-24)32-31(33)27-17-20-30(34-2)28(21-27)22-35-29-18-15-26(16-19-29)25-11-7-4-8-12-25/h3-12,15-21,23H,13-14,22H2,1-2H3,(H,32,33). The molecule has 178 valence electrons. The zero-order chi connectivity index (χ0) is 24.5. The first-order valence-electron chi connectivity index (χ1n) is 11.9. The average molecular weight is 466 g/mol. The summed E-state index contributed by atoms with van der Waals surface area (Å²) in [5.41, 5.74) is 4.99. The molecule has 1 unspecified atom stereocenters. The van der Waals surface area contributed by atoms with Gasteiger partial charge in [0, 0.05) is 17.2 Å². The molecule has 0 heterocycles. The Morgan fingerprint density at radius 1 is 0.829 bits per heavy atom. The van der Waals surface area contributed by atoms with Crippen molar-refractivity contribution in [1.82, 2.24) is 5.32 Å². The highest BCUT2D eigenvalue weighted by Gasteiger charge is 2.13. The summed E-state index contributed by atoms with van der Waals surface area (Å²) in [7, 11) is 1.62. The van der Waals surface area contributed by atoms with Crippen molar-refractivity contribution in [1.29, 1.82) is 0 Å². The summed E-state index contributed by atoms with van der Waals surface area (Å²) in [6.07, 6.45) is 1.80. The fourth-order valence-electron chi connectivity index (χ4n) is 3.98. The Morgan fingerprint density at radius 3 is 2.17 bits per heavy atom. The Balaban J connectivity index is 1.36. The van der Waals surface area contributed by atoms with Crippen molar-refractivity contribution >= 4 is 5.91 Å². The van der Waals surface area contributed by atoms with Crippen LogP contribution in [0.2, 0.25) is 0 Å². The molecule has 4 aromatic carbocycles. The second-order valence-electron chi connectivity index (χ2n) is 8.60. The maximum absolute atomic E-state index is 12.9. The molecule has 4 rings (SSSR count). The maximum Gasteiger partial charge on any atom is 0.251 e. The lowest BCUT2D eigenvalue weighted by Gasteiger charge is -2.16. The summed E-state index contributed by atoms with van der Waals surface area (Å²) >= 11 is 0. The highest BCUT2D eigenvalue weighted by Crippen LogP contribution is 2.25. The van der Waals surface area contributed by atoms with Gasteiger partial charge in [0.1, 0.15) is 18.1 Å². The van der Waals surface area contributed by atoms with Gasteiger partial charge in [0.15, 0.2) is 0 Å². The molecule has 0 aliphatic rings. The van der Waals surface area contributed by atoms with Crippen molar-refractivity contribution in [3.8, 4) is 22.6 Å². The lowest BCUT2D eigenvalue weighted by molar-refractivity contribution is 0.0938. The molecule has 0 fully saturated rings. The second kappa shape index (κ2) is 11.9. The first kappa shape index (κ1) is 24.1. The summed E-state index contributed by atoms with van der Waals surface area (Å²) < 4.78 is 11.5. The Labute approximate surface area is 207 Å². The number of benzene rings is 4. The first-order valence-corrected chi connectivity index (χ1v) is 11.9. The molecular formula is C31H31NO3. The number of hydrogen-bond donors (Lipinski definition) is 1. The van der Waals surface area contributed by atoms with Crippen LogP contribution in [0.25, 0.3) is 11.1 Å². The third-order valence-electron chi connectivity index (χ3n) is 5.98. The molecule has 1 amide bonds. The highest BCUT2D eigenvalue weighted by molar-refractivity contribution is 5.94. The Bertz CT molecular complexity index is 1220. The number of amides is 1. The Hall–Kier alpha value is -4.05. The van der Waals surface area contributed by atoms with E-state index in [-0.39, 0.29) is 11.9 Å². The second-order valence-corrected chi connectivity index (χ2v) is 8.60. The Kier molecular flexibility index (Phi) is 8.18. The van der Waals surface area contributed by atoms with Crippen molar-refractivity contribution in [2.24, 2.45) is 0 Å². The zero-order valence-electron chi connectivity index (χ0n) is 20.2. The topological polar surface area (TPSA) is 47.6 Å². The number of hydrogen-bond acceptors (Lipinski definition) is 3. The minimum absolute atomic E-state index is 0.0626. The van der Waals surface area contributed by atoms with Crippen molar-refractivity contribution in [2.75, 3.05) is 7.11 Å². The number of aryl methyl sites for hydroxylation is 1. The number of carbonyl (C=O) groups excluding carboxylic acids is 1. The van der Waals surface area contributed by atoms with E-state index in [4.69, 9.17) is 9.47 Å². The van der Waals surface area contributed by atoms with Gasteiger partial charge in [0.2, 0.25) is 0 Å². The van der Waals surface area contributed by atoms with E-state index in [9.17, 15) is 4.79 Å². The van der Waals surface area contributed by atoms with Gasteiger partial charge < -0.3 is 14.8 Å². The van der Waals surface area contributed by atoms with Crippen LogP contribution in [-0.4, -0.2) is 19.1 Å². The molecule has 1 atom stereocenters. The summed E-state index contributed by atoms with van der Waals surface area (Å²) in [6, 6.07) is 34.1. The molecule has 0 aliphatic carbocycles. The van der Waals surface area contributed by atoms with E-state index in [1.807, 2.05) is 79.7 Å². The molecule has 0 aliphatic heterocycles. The van der Waals surface area contributed by atoms with Gasteiger partial charge in [-0.05, 0) is 66.8 Å². The van der Waals surface area contributed by atoms with Gasteiger partial charge in [-0.3, -0.25) is 4.79 Å². The minimum Gasteiger partial charge on any atom is -0.496 e. The summed E-state index contributed by atoms with van der Waals surface area (Å²) in [4.78, 5) is 12.9. The SMILES string of the molecule is COc1ccc(C(=O)NC(C)CCc2ccccc2)cc1COc1ccc(-c2ccccc2)cc1. The molecule has 0 radical (unpaired) electrons. The monoisotopic (exact) mass is 465 g/mol. The number of rotatable bonds is 10. The molecule has 4 heteroatoms. The number of methoxy groups -OCH3 is 1.